The molecule has 0 saturated heterocycles. The van der Waals surface area contributed by atoms with Gasteiger partial charge < -0.3 is 5.32 Å². The Balaban J connectivity index is 1.51. The van der Waals surface area contributed by atoms with Crippen molar-refractivity contribution in [3.8, 4) is 12.3 Å². The number of nitrogens with zero attached hydrogens (tertiary/aromatic N) is 3. The summed E-state index contributed by atoms with van der Waals surface area (Å²) in [4.78, 5) is 14.7. The summed E-state index contributed by atoms with van der Waals surface area (Å²) in [5.74, 6) is 2.60. The van der Waals surface area contributed by atoms with Gasteiger partial charge in [0.2, 0.25) is 5.91 Å². The molecule has 0 spiro atoms. The van der Waals surface area contributed by atoms with E-state index < -0.39 is 0 Å². The zero-order chi connectivity index (χ0) is 17.9. The zero-order valence-electron chi connectivity index (χ0n) is 14.2. The SMILES string of the molecule is C#CCN(CC(=O)Nc1cccc2nsnc12)C1CCc2ccccc21. The molecule has 2 aromatic carbocycles. The van der Waals surface area contributed by atoms with Crippen LogP contribution in [0.2, 0.25) is 0 Å². The third-order valence-electron chi connectivity index (χ3n) is 4.74. The van der Waals surface area contributed by atoms with Gasteiger partial charge in [0.25, 0.3) is 0 Å². The quantitative estimate of drug-likeness (QED) is 0.708. The van der Waals surface area contributed by atoms with Crippen LogP contribution in [0.4, 0.5) is 5.69 Å². The number of fused-ring (bicyclic) bond motifs is 2. The summed E-state index contributed by atoms with van der Waals surface area (Å²) >= 11 is 1.14. The lowest BCUT2D eigenvalue weighted by molar-refractivity contribution is -0.117. The molecule has 0 bridgehead atoms. The Morgan fingerprint density at radius 1 is 1.27 bits per heavy atom. The highest BCUT2D eigenvalue weighted by Gasteiger charge is 2.28. The van der Waals surface area contributed by atoms with Crippen LogP contribution in [0.15, 0.2) is 42.5 Å². The lowest BCUT2D eigenvalue weighted by atomic mass is 10.1. The van der Waals surface area contributed by atoms with Gasteiger partial charge in [-0.05, 0) is 36.1 Å². The summed E-state index contributed by atoms with van der Waals surface area (Å²) in [6.45, 7) is 0.687. The molecule has 130 valence electrons. The zero-order valence-corrected chi connectivity index (χ0v) is 15.0. The topological polar surface area (TPSA) is 58.1 Å². The van der Waals surface area contributed by atoms with E-state index in [0.29, 0.717) is 12.2 Å². The van der Waals surface area contributed by atoms with E-state index in [1.165, 1.54) is 11.1 Å². The maximum absolute atomic E-state index is 12.7. The van der Waals surface area contributed by atoms with Gasteiger partial charge in [-0.15, -0.1) is 6.42 Å². The molecule has 26 heavy (non-hydrogen) atoms. The van der Waals surface area contributed by atoms with Crippen LogP contribution < -0.4 is 5.32 Å². The van der Waals surface area contributed by atoms with Gasteiger partial charge in [-0.2, -0.15) is 8.75 Å². The number of carbonyl (C=O) groups is 1. The number of aryl methyl sites for hydroxylation is 1. The fourth-order valence-electron chi connectivity index (χ4n) is 3.59. The molecule has 1 atom stereocenters. The van der Waals surface area contributed by atoms with E-state index in [2.05, 4.69) is 43.1 Å². The first-order chi connectivity index (χ1) is 12.8. The Bertz CT molecular complexity index is 991. The monoisotopic (exact) mass is 362 g/mol. The second kappa shape index (κ2) is 7.24. The van der Waals surface area contributed by atoms with E-state index in [1.807, 2.05) is 24.3 Å². The number of terminal acetylenes is 1. The molecule has 5 nitrogen and oxygen atoms in total. The number of rotatable bonds is 5. The van der Waals surface area contributed by atoms with Gasteiger partial charge in [-0.25, -0.2) is 0 Å². The standard InChI is InChI=1S/C20H18N4OS/c1-2-12-24(18-11-10-14-6-3-4-7-15(14)18)13-19(25)21-16-8-5-9-17-20(16)23-26-22-17/h1,3-9,18H,10-13H2,(H,21,25). The Morgan fingerprint density at radius 2 is 2.15 bits per heavy atom. The van der Waals surface area contributed by atoms with Crippen molar-refractivity contribution in [2.45, 2.75) is 18.9 Å². The number of benzene rings is 2. The molecule has 0 saturated carbocycles. The molecule has 4 rings (SSSR count). The molecule has 0 fully saturated rings. The predicted molar refractivity (Wildman–Crippen MR) is 104 cm³/mol. The molecule has 1 aliphatic carbocycles. The van der Waals surface area contributed by atoms with E-state index in [1.54, 1.807) is 0 Å². The summed E-state index contributed by atoms with van der Waals surface area (Å²) in [7, 11) is 0. The molecule has 1 aromatic heterocycles. The van der Waals surface area contributed by atoms with E-state index in [-0.39, 0.29) is 18.5 Å². The van der Waals surface area contributed by atoms with E-state index >= 15 is 0 Å². The number of aromatic nitrogens is 2. The molecule has 0 radical (unpaired) electrons. The molecule has 3 aromatic rings. The first-order valence-electron chi connectivity index (χ1n) is 8.52. The first-order valence-corrected chi connectivity index (χ1v) is 9.26. The van der Waals surface area contributed by atoms with Gasteiger partial charge in [-0.1, -0.05) is 36.3 Å². The third-order valence-corrected chi connectivity index (χ3v) is 5.29. The van der Waals surface area contributed by atoms with Crippen molar-refractivity contribution in [3.63, 3.8) is 0 Å². The third kappa shape index (κ3) is 3.19. The van der Waals surface area contributed by atoms with Crippen molar-refractivity contribution in [3.05, 3.63) is 53.6 Å². The van der Waals surface area contributed by atoms with Gasteiger partial charge in [0.1, 0.15) is 11.0 Å². The Hall–Kier alpha value is -2.75. The number of anilines is 1. The molecule has 1 aliphatic rings. The van der Waals surface area contributed by atoms with Crippen LogP contribution in [0.5, 0.6) is 0 Å². The minimum Gasteiger partial charge on any atom is -0.323 e. The van der Waals surface area contributed by atoms with Crippen molar-refractivity contribution < 1.29 is 4.79 Å². The van der Waals surface area contributed by atoms with Crippen LogP contribution in [0.25, 0.3) is 11.0 Å². The fraction of sp³-hybridized carbons (Fsp3) is 0.250. The van der Waals surface area contributed by atoms with Crippen LogP contribution in [-0.4, -0.2) is 32.6 Å². The molecular formula is C20H18N4OS. The van der Waals surface area contributed by atoms with Gasteiger partial charge >= 0.3 is 0 Å². The van der Waals surface area contributed by atoms with Gasteiger partial charge in [0, 0.05) is 6.04 Å². The van der Waals surface area contributed by atoms with Gasteiger partial charge in [0.15, 0.2) is 0 Å². The largest absolute Gasteiger partial charge is 0.323 e. The summed E-state index contributed by atoms with van der Waals surface area (Å²) in [6, 6.07) is 14.2. The normalized spacial score (nSPS) is 15.8. The van der Waals surface area contributed by atoms with Crippen molar-refractivity contribution in [1.82, 2.24) is 13.6 Å². The molecule has 1 N–H and O–H groups in total. The summed E-state index contributed by atoms with van der Waals surface area (Å²) in [5, 5.41) is 2.96. The molecule has 6 heteroatoms. The minimum absolute atomic E-state index is 0.0925. The second-order valence-electron chi connectivity index (χ2n) is 6.35. The molecule has 0 aliphatic heterocycles. The van der Waals surface area contributed by atoms with Crippen LogP contribution in [-0.2, 0) is 11.2 Å². The van der Waals surface area contributed by atoms with Crippen molar-refractivity contribution in [2.24, 2.45) is 0 Å². The average molecular weight is 362 g/mol. The van der Waals surface area contributed by atoms with Crippen LogP contribution >= 0.6 is 11.7 Å². The van der Waals surface area contributed by atoms with E-state index in [4.69, 9.17) is 6.42 Å². The lowest BCUT2D eigenvalue weighted by Gasteiger charge is -2.27. The van der Waals surface area contributed by atoms with Gasteiger partial charge in [0.05, 0.1) is 30.5 Å². The van der Waals surface area contributed by atoms with Crippen molar-refractivity contribution >= 4 is 34.4 Å². The number of carbonyl (C=O) groups excluding carboxylic acids is 1. The highest BCUT2D eigenvalue weighted by molar-refractivity contribution is 7.00. The number of amides is 1. The van der Waals surface area contributed by atoms with Crippen molar-refractivity contribution in [1.29, 1.82) is 0 Å². The average Bonchev–Trinajstić information content (AvgIpc) is 3.29. The van der Waals surface area contributed by atoms with Crippen LogP contribution in [0, 0.1) is 12.3 Å². The predicted octanol–water partition coefficient (Wildman–Crippen LogP) is 3.25. The smallest absolute Gasteiger partial charge is 0.238 e. The summed E-state index contributed by atoms with van der Waals surface area (Å²) < 4.78 is 8.47. The van der Waals surface area contributed by atoms with E-state index in [0.717, 1.165) is 35.6 Å². The maximum atomic E-state index is 12.7. The molecule has 1 amide bonds. The highest BCUT2D eigenvalue weighted by Crippen LogP contribution is 2.35. The highest BCUT2D eigenvalue weighted by atomic mass is 32.1. The number of nitrogens with one attached hydrogen (secondary N) is 1. The van der Waals surface area contributed by atoms with Crippen molar-refractivity contribution in [2.75, 3.05) is 18.4 Å². The second-order valence-corrected chi connectivity index (χ2v) is 6.88. The molecular weight excluding hydrogens is 344 g/mol. The minimum atomic E-state index is -0.0925. The number of hydrogen-bond donors (Lipinski definition) is 1. The Kier molecular flexibility index (Phi) is 4.65. The lowest BCUT2D eigenvalue weighted by Crippen LogP contribution is -2.36. The Labute approximate surface area is 156 Å². The first kappa shape index (κ1) is 16.7. The fourth-order valence-corrected chi connectivity index (χ4v) is 4.14. The summed E-state index contributed by atoms with van der Waals surface area (Å²) in [5.41, 5.74) is 4.83. The molecule has 1 heterocycles. The maximum Gasteiger partial charge on any atom is 0.238 e. The van der Waals surface area contributed by atoms with Crippen LogP contribution in [0.1, 0.15) is 23.6 Å². The van der Waals surface area contributed by atoms with Gasteiger partial charge in [-0.3, -0.25) is 9.69 Å². The Morgan fingerprint density at radius 3 is 3.04 bits per heavy atom. The number of hydrogen-bond acceptors (Lipinski definition) is 5. The molecule has 1 unspecified atom stereocenters. The summed E-state index contributed by atoms with van der Waals surface area (Å²) in [6.07, 6.45) is 7.57. The van der Waals surface area contributed by atoms with E-state index in [9.17, 15) is 4.79 Å². The van der Waals surface area contributed by atoms with Crippen LogP contribution in [0.3, 0.4) is 0 Å².